The van der Waals surface area contributed by atoms with E-state index in [0.29, 0.717) is 11.7 Å². The summed E-state index contributed by atoms with van der Waals surface area (Å²) < 4.78 is 5.24. The van der Waals surface area contributed by atoms with Gasteiger partial charge in [0.2, 0.25) is 0 Å². The largest absolute Gasteiger partial charge is 0.495 e. The van der Waals surface area contributed by atoms with Crippen molar-refractivity contribution in [3.8, 4) is 5.75 Å². The summed E-state index contributed by atoms with van der Waals surface area (Å²) in [6.07, 6.45) is 4.22. The second kappa shape index (κ2) is 7.01. The summed E-state index contributed by atoms with van der Waals surface area (Å²) in [5.41, 5.74) is 0.912. The molecule has 0 aliphatic carbocycles. The number of hydrogen-bond donors (Lipinski definition) is 2. The van der Waals surface area contributed by atoms with E-state index in [9.17, 15) is 0 Å². The number of ether oxygens (including phenoxy) is 1. The zero-order chi connectivity index (χ0) is 13.5. The van der Waals surface area contributed by atoms with Gasteiger partial charge in [0.05, 0.1) is 12.8 Å². The standard InChI is InChI=1S/C12H14N4OS2/c1-17-10-3-2-5-13-9(10)4-6-14-11(18)16-12-15-7-8-19-12/h2-3,5,7-8H,4,6H2,1H3,(H2,14,15,16,18). The summed E-state index contributed by atoms with van der Waals surface area (Å²) in [5, 5.41) is 9.36. The monoisotopic (exact) mass is 294 g/mol. The molecular formula is C12H14N4OS2. The van der Waals surface area contributed by atoms with E-state index < -0.39 is 0 Å². The molecule has 100 valence electrons. The number of thiazole rings is 1. The van der Waals surface area contributed by atoms with E-state index in [4.69, 9.17) is 17.0 Å². The summed E-state index contributed by atoms with van der Waals surface area (Å²) in [6, 6.07) is 3.75. The van der Waals surface area contributed by atoms with Crippen LogP contribution < -0.4 is 15.4 Å². The topological polar surface area (TPSA) is 59.1 Å². The maximum atomic E-state index is 5.24. The Morgan fingerprint density at radius 3 is 3.05 bits per heavy atom. The fourth-order valence-electron chi connectivity index (χ4n) is 1.52. The molecule has 0 aliphatic heterocycles. The smallest absolute Gasteiger partial charge is 0.188 e. The van der Waals surface area contributed by atoms with E-state index in [1.54, 1.807) is 19.5 Å². The molecule has 0 saturated heterocycles. The van der Waals surface area contributed by atoms with Gasteiger partial charge in [0.15, 0.2) is 10.2 Å². The van der Waals surface area contributed by atoms with Gasteiger partial charge in [0.25, 0.3) is 0 Å². The third kappa shape index (κ3) is 4.15. The second-order valence-electron chi connectivity index (χ2n) is 3.62. The van der Waals surface area contributed by atoms with Crippen LogP contribution in [0.2, 0.25) is 0 Å². The van der Waals surface area contributed by atoms with Gasteiger partial charge in [0.1, 0.15) is 5.75 Å². The van der Waals surface area contributed by atoms with E-state index in [1.165, 1.54) is 11.3 Å². The predicted molar refractivity (Wildman–Crippen MR) is 80.8 cm³/mol. The first-order chi connectivity index (χ1) is 9.29. The summed E-state index contributed by atoms with van der Waals surface area (Å²) >= 11 is 6.68. The first-order valence-electron chi connectivity index (χ1n) is 5.72. The molecule has 0 bridgehead atoms. The fraction of sp³-hybridized carbons (Fsp3) is 0.250. The number of pyridine rings is 1. The number of aromatic nitrogens is 2. The molecule has 0 aromatic carbocycles. The summed E-state index contributed by atoms with van der Waals surface area (Å²) in [6.45, 7) is 0.685. The van der Waals surface area contributed by atoms with Gasteiger partial charge >= 0.3 is 0 Å². The molecule has 5 nitrogen and oxygen atoms in total. The highest BCUT2D eigenvalue weighted by atomic mass is 32.1. The second-order valence-corrected chi connectivity index (χ2v) is 4.92. The molecule has 19 heavy (non-hydrogen) atoms. The average molecular weight is 294 g/mol. The van der Waals surface area contributed by atoms with Crippen molar-refractivity contribution in [1.29, 1.82) is 0 Å². The van der Waals surface area contributed by atoms with Gasteiger partial charge < -0.3 is 15.4 Å². The van der Waals surface area contributed by atoms with Crippen molar-refractivity contribution in [2.45, 2.75) is 6.42 Å². The van der Waals surface area contributed by atoms with Crippen molar-refractivity contribution in [3.63, 3.8) is 0 Å². The van der Waals surface area contributed by atoms with Crippen LogP contribution in [0.3, 0.4) is 0 Å². The molecule has 2 N–H and O–H groups in total. The minimum Gasteiger partial charge on any atom is -0.495 e. The van der Waals surface area contributed by atoms with E-state index in [2.05, 4.69) is 20.6 Å². The number of rotatable bonds is 5. The highest BCUT2D eigenvalue weighted by Gasteiger charge is 2.04. The highest BCUT2D eigenvalue weighted by molar-refractivity contribution is 7.80. The molecule has 0 unspecified atom stereocenters. The highest BCUT2D eigenvalue weighted by Crippen LogP contribution is 2.14. The predicted octanol–water partition coefficient (Wildman–Crippen LogP) is 2.08. The van der Waals surface area contributed by atoms with Crippen LogP contribution in [0.25, 0.3) is 0 Å². The molecular weight excluding hydrogens is 280 g/mol. The first-order valence-corrected chi connectivity index (χ1v) is 7.00. The molecule has 0 aliphatic rings. The molecule has 0 amide bonds. The van der Waals surface area contributed by atoms with Crippen LogP contribution in [0.1, 0.15) is 5.69 Å². The number of methoxy groups -OCH3 is 1. The van der Waals surface area contributed by atoms with Crippen LogP contribution in [0.4, 0.5) is 5.13 Å². The quantitative estimate of drug-likeness (QED) is 0.823. The Balaban J connectivity index is 1.78. The maximum Gasteiger partial charge on any atom is 0.188 e. The Kier molecular flexibility index (Phi) is 5.05. The van der Waals surface area contributed by atoms with E-state index >= 15 is 0 Å². The Hall–Kier alpha value is -1.73. The molecule has 2 rings (SSSR count). The first kappa shape index (κ1) is 13.7. The van der Waals surface area contributed by atoms with Gasteiger partial charge in [-0.1, -0.05) is 0 Å². The number of nitrogens with zero attached hydrogens (tertiary/aromatic N) is 2. The van der Waals surface area contributed by atoms with Crippen LogP contribution in [0.15, 0.2) is 29.9 Å². The number of hydrogen-bond acceptors (Lipinski definition) is 5. The molecule has 0 radical (unpaired) electrons. The van der Waals surface area contributed by atoms with E-state index in [0.717, 1.165) is 23.0 Å². The van der Waals surface area contributed by atoms with Gasteiger partial charge in [-0.15, -0.1) is 11.3 Å². The van der Waals surface area contributed by atoms with E-state index in [1.807, 2.05) is 17.5 Å². The van der Waals surface area contributed by atoms with Gasteiger partial charge in [0, 0.05) is 30.7 Å². The minimum absolute atomic E-state index is 0.560. The van der Waals surface area contributed by atoms with Crippen LogP contribution in [0, 0.1) is 0 Å². The maximum absolute atomic E-state index is 5.24. The van der Waals surface area contributed by atoms with Crippen LogP contribution >= 0.6 is 23.6 Å². The third-order valence-corrected chi connectivity index (χ3v) is 3.30. The summed E-state index contributed by atoms with van der Waals surface area (Å²) in [7, 11) is 1.64. The van der Waals surface area contributed by atoms with E-state index in [-0.39, 0.29) is 0 Å². The van der Waals surface area contributed by atoms with Crippen molar-refractivity contribution < 1.29 is 4.74 Å². The number of nitrogens with one attached hydrogen (secondary N) is 2. The molecule has 0 atom stereocenters. The zero-order valence-corrected chi connectivity index (χ0v) is 12.1. The van der Waals surface area contributed by atoms with Gasteiger partial charge in [-0.25, -0.2) is 4.98 Å². The molecule has 2 aromatic heterocycles. The average Bonchev–Trinajstić information content (AvgIpc) is 2.92. The van der Waals surface area contributed by atoms with Crippen molar-refractivity contribution in [3.05, 3.63) is 35.6 Å². The van der Waals surface area contributed by atoms with Crippen LogP contribution in [-0.2, 0) is 6.42 Å². The number of thiocarbonyl (C=S) groups is 1. The SMILES string of the molecule is COc1cccnc1CCNC(=S)Nc1nccs1. The van der Waals surface area contributed by atoms with Crippen LogP contribution in [-0.4, -0.2) is 28.7 Å². The molecule has 2 aromatic rings. The Bertz CT molecular complexity index is 530. The van der Waals surface area contributed by atoms with Crippen molar-refractivity contribution in [2.75, 3.05) is 19.0 Å². The van der Waals surface area contributed by atoms with Crippen molar-refractivity contribution in [2.24, 2.45) is 0 Å². The Morgan fingerprint density at radius 1 is 1.42 bits per heavy atom. The molecule has 0 fully saturated rings. The van der Waals surface area contributed by atoms with Crippen molar-refractivity contribution in [1.82, 2.24) is 15.3 Å². The lowest BCUT2D eigenvalue weighted by molar-refractivity contribution is 0.406. The van der Waals surface area contributed by atoms with Crippen molar-refractivity contribution >= 4 is 33.8 Å². The minimum atomic E-state index is 0.560. The number of anilines is 1. The molecule has 0 saturated carbocycles. The lowest BCUT2D eigenvalue weighted by Crippen LogP contribution is -2.30. The molecule has 0 spiro atoms. The summed E-state index contributed by atoms with van der Waals surface area (Å²) in [5.74, 6) is 0.795. The normalized spacial score (nSPS) is 9.95. The summed E-state index contributed by atoms with van der Waals surface area (Å²) in [4.78, 5) is 8.38. The Morgan fingerprint density at radius 2 is 2.32 bits per heavy atom. The zero-order valence-electron chi connectivity index (χ0n) is 10.4. The molecule has 7 heteroatoms. The lowest BCUT2D eigenvalue weighted by Gasteiger charge is -2.09. The third-order valence-electron chi connectivity index (χ3n) is 2.37. The van der Waals surface area contributed by atoms with Gasteiger partial charge in [-0.2, -0.15) is 0 Å². The van der Waals surface area contributed by atoms with Gasteiger partial charge in [-0.3, -0.25) is 4.98 Å². The fourth-order valence-corrected chi connectivity index (χ4v) is 2.31. The molecule has 2 heterocycles. The van der Waals surface area contributed by atoms with Crippen LogP contribution in [0.5, 0.6) is 5.75 Å². The van der Waals surface area contributed by atoms with Gasteiger partial charge in [-0.05, 0) is 24.4 Å². The lowest BCUT2D eigenvalue weighted by atomic mass is 10.2. The Labute approximate surface area is 121 Å².